The first-order valence-corrected chi connectivity index (χ1v) is 6.79. The third-order valence-electron chi connectivity index (χ3n) is 2.26. The van der Waals surface area contributed by atoms with Crippen LogP contribution in [0.25, 0.3) is 0 Å². The van der Waals surface area contributed by atoms with Crippen LogP contribution in [-0.2, 0) is 10.0 Å². The second kappa shape index (κ2) is 5.86. The lowest BCUT2D eigenvalue weighted by molar-refractivity contribution is 0.287. The molecule has 1 aromatic rings. The Balaban J connectivity index is 2.37. The summed E-state index contributed by atoms with van der Waals surface area (Å²) >= 11 is 0. The van der Waals surface area contributed by atoms with Gasteiger partial charge >= 0.3 is 0 Å². The van der Waals surface area contributed by atoms with Crippen LogP contribution >= 0.6 is 0 Å². The van der Waals surface area contributed by atoms with E-state index in [0.717, 1.165) is 5.75 Å². The molecule has 0 N–H and O–H groups in total. The molecule has 1 rings (SSSR count). The first-order valence-electron chi connectivity index (χ1n) is 5.18. The Hall–Kier alpha value is -1.07. The lowest BCUT2D eigenvalue weighted by Gasteiger charge is -2.16. The quantitative estimate of drug-likeness (QED) is 0.757. The Morgan fingerprint density at radius 2 is 1.88 bits per heavy atom. The molecular weight excluding hydrogens is 226 g/mol. The molecule has 90 valence electrons. The number of sulfonamides is 1. The first-order chi connectivity index (χ1) is 7.56. The number of likely N-dealkylation sites (N-methyl/N-ethyl adjacent to an activating group) is 1. The smallest absolute Gasteiger partial charge is 0.213 e. The molecule has 0 bridgehead atoms. The fraction of sp³-hybridized carbons (Fsp3) is 0.455. The maximum absolute atomic E-state index is 11.4. The largest absolute Gasteiger partial charge is 0.492 e. The van der Waals surface area contributed by atoms with Crippen molar-refractivity contribution in [2.45, 2.75) is 6.92 Å². The van der Waals surface area contributed by atoms with E-state index in [1.165, 1.54) is 4.31 Å². The highest BCUT2D eigenvalue weighted by Gasteiger charge is 2.14. The van der Waals surface area contributed by atoms with Gasteiger partial charge in [-0.1, -0.05) is 18.2 Å². The van der Waals surface area contributed by atoms with Crippen LogP contribution in [0, 0.1) is 0 Å². The molecule has 0 heterocycles. The van der Waals surface area contributed by atoms with Gasteiger partial charge in [0.15, 0.2) is 0 Å². The average molecular weight is 243 g/mol. The third-order valence-corrected chi connectivity index (χ3v) is 4.12. The van der Waals surface area contributed by atoms with Crippen LogP contribution < -0.4 is 4.74 Å². The summed E-state index contributed by atoms with van der Waals surface area (Å²) in [6, 6.07) is 9.34. The highest BCUT2D eigenvalue weighted by Crippen LogP contribution is 2.08. The van der Waals surface area contributed by atoms with Crippen molar-refractivity contribution in [1.29, 1.82) is 0 Å². The highest BCUT2D eigenvalue weighted by molar-refractivity contribution is 7.89. The maximum atomic E-state index is 11.4. The second-order valence-corrected chi connectivity index (χ2v) is 5.75. The van der Waals surface area contributed by atoms with Gasteiger partial charge in [0.25, 0.3) is 0 Å². The predicted molar refractivity (Wildman–Crippen MR) is 64.0 cm³/mol. The topological polar surface area (TPSA) is 46.6 Å². The zero-order valence-electron chi connectivity index (χ0n) is 9.59. The Labute approximate surface area is 96.9 Å². The molecule has 0 spiro atoms. The van der Waals surface area contributed by atoms with Gasteiger partial charge in [0.1, 0.15) is 12.4 Å². The number of rotatable bonds is 6. The SMILES string of the molecule is CCS(=O)(=O)N(C)CCOc1ccccc1. The maximum Gasteiger partial charge on any atom is 0.213 e. The molecule has 0 aliphatic heterocycles. The predicted octanol–water partition coefficient (Wildman–Crippen LogP) is 1.35. The van der Waals surface area contributed by atoms with Crippen molar-refractivity contribution >= 4 is 10.0 Å². The van der Waals surface area contributed by atoms with Gasteiger partial charge in [-0.05, 0) is 19.1 Å². The van der Waals surface area contributed by atoms with Crippen molar-refractivity contribution in [2.24, 2.45) is 0 Å². The standard InChI is InChI=1S/C11H17NO3S/c1-3-16(13,14)12(2)9-10-15-11-7-5-4-6-8-11/h4-8H,3,9-10H2,1-2H3. The minimum Gasteiger partial charge on any atom is -0.492 e. The molecule has 0 aliphatic rings. The van der Waals surface area contributed by atoms with Gasteiger partial charge in [-0.15, -0.1) is 0 Å². The van der Waals surface area contributed by atoms with E-state index in [4.69, 9.17) is 4.74 Å². The van der Waals surface area contributed by atoms with Crippen LogP contribution in [0.2, 0.25) is 0 Å². The van der Waals surface area contributed by atoms with Crippen molar-refractivity contribution < 1.29 is 13.2 Å². The van der Waals surface area contributed by atoms with Crippen LogP contribution in [0.5, 0.6) is 5.75 Å². The van der Waals surface area contributed by atoms with Gasteiger partial charge in [-0.2, -0.15) is 0 Å². The van der Waals surface area contributed by atoms with Crippen molar-refractivity contribution in [3.63, 3.8) is 0 Å². The fourth-order valence-corrected chi connectivity index (χ4v) is 1.96. The Morgan fingerprint density at radius 3 is 2.44 bits per heavy atom. The molecule has 16 heavy (non-hydrogen) atoms. The highest BCUT2D eigenvalue weighted by atomic mass is 32.2. The molecule has 5 heteroatoms. The van der Waals surface area contributed by atoms with Crippen LogP contribution in [0.1, 0.15) is 6.92 Å². The molecule has 0 saturated heterocycles. The number of benzene rings is 1. The lowest BCUT2D eigenvalue weighted by Crippen LogP contribution is -2.32. The van der Waals surface area contributed by atoms with E-state index in [2.05, 4.69) is 0 Å². The average Bonchev–Trinajstić information content (AvgIpc) is 2.30. The summed E-state index contributed by atoms with van der Waals surface area (Å²) in [7, 11) is -1.54. The summed E-state index contributed by atoms with van der Waals surface area (Å²) < 4.78 is 29.5. The first kappa shape index (κ1) is 13.0. The molecule has 4 nitrogen and oxygen atoms in total. The van der Waals surface area contributed by atoms with Crippen LogP contribution in [0.3, 0.4) is 0 Å². The van der Waals surface area contributed by atoms with E-state index in [9.17, 15) is 8.42 Å². The Bertz CT molecular complexity index is 402. The van der Waals surface area contributed by atoms with E-state index < -0.39 is 10.0 Å². The molecule has 0 amide bonds. The van der Waals surface area contributed by atoms with E-state index in [1.807, 2.05) is 30.3 Å². The molecule has 0 aromatic heterocycles. The van der Waals surface area contributed by atoms with Gasteiger partial charge < -0.3 is 4.74 Å². The van der Waals surface area contributed by atoms with E-state index in [-0.39, 0.29) is 5.75 Å². The Morgan fingerprint density at radius 1 is 1.25 bits per heavy atom. The molecule has 0 radical (unpaired) electrons. The monoisotopic (exact) mass is 243 g/mol. The molecule has 0 unspecified atom stereocenters. The normalized spacial score (nSPS) is 11.7. The van der Waals surface area contributed by atoms with Crippen LogP contribution in [0.15, 0.2) is 30.3 Å². The van der Waals surface area contributed by atoms with E-state index >= 15 is 0 Å². The van der Waals surface area contributed by atoms with Gasteiger partial charge in [0, 0.05) is 13.6 Å². The molecule has 0 aliphatic carbocycles. The summed E-state index contributed by atoms with van der Waals surface area (Å²) in [5.41, 5.74) is 0. The number of hydrogen-bond donors (Lipinski definition) is 0. The summed E-state index contributed by atoms with van der Waals surface area (Å²) in [5, 5.41) is 0. The minimum atomic E-state index is -3.10. The van der Waals surface area contributed by atoms with Crippen molar-refractivity contribution in [3.05, 3.63) is 30.3 Å². The van der Waals surface area contributed by atoms with Crippen LogP contribution in [-0.4, -0.2) is 38.7 Å². The van der Waals surface area contributed by atoms with Gasteiger partial charge in [0.2, 0.25) is 10.0 Å². The van der Waals surface area contributed by atoms with E-state index in [0.29, 0.717) is 13.2 Å². The molecular formula is C11H17NO3S. The number of nitrogens with zero attached hydrogens (tertiary/aromatic N) is 1. The van der Waals surface area contributed by atoms with Crippen molar-refractivity contribution in [1.82, 2.24) is 4.31 Å². The van der Waals surface area contributed by atoms with E-state index in [1.54, 1.807) is 14.0 Å². The van der Waals surface area contributed by atoms with Crippen molar-refractivity contribution in [2.75, 3.05) is 26.0 Å². The fourth-order valence-electron chi connectivity index (χ4n) is 1.17. The number of para-hydroxylation sites is 1. The lowest BCUT2D eigenvalue weighted by atomic mass is 10.3. The van der Waals surface area contributed by atoms with Crippen LogP contribution in [0.4, 0.5) is 0 Å². The number of hydrogen-bond acceptors (Lipinski definition) is 3. The zero-order chi connectivity index (χ0) is 12.0. The summed E-state index contributed by atoms with van der Waals surface area (Å²) in [6.45, 7) is 2.36. The second-order valence-electron chi connectivity index (χ2n) is 3.38. The van der Waals surface area contributed by atoms with Gasteiger partial charge in [0.05, 0.1) is 5.75 Å². The molecule has 1 aromatic carbocycles. The molecule has 0 fully saturated rings. The number of ether oxygens (including phenoxy) is 1. The Kier molecular flexibility index (Phi) is 4.76. The summed E-state index contributed by atoms with van der Waals surface area (Å²) in [4.78, 5) is 0. The van der Waals surface area contributed by atoms with Gasteiger partial charge in [-0.25, -0.2) is 12.7 Å². The van der Waals surface area contributed by atoms with Gasteiger partial charge in [-0.3, -0.25) is 0 Å². The third kappa shape index (κ3) is 3.83. The summed E-state index contributed by atoms with van der Waals surface area (Å²) in [5.74, 6) is 0.874. The van der Waals surface area contributed by atoms with Crippen molar-refractivity contribution in [3.8, 4) is 5.75 Å². The molecule has 0 atom stereocenters. The molecule has 0 saturated carbocycles. The summed E-state index contributed by atoms with van der Waals surface area (Å²) in [6.07, 6.45) is 0. The minimum absolute atomic E-state index is 0.120. The zero-order valence-corrected chi connectivity index (χ0v) is 10.4.